The summed E-state index contributed by atoms with van der Waals surface area (Å²) in [5, 5.41) is 10.0. The molecule has 0 saturated carbocycles. The Bertz CT molecular complexity index is 1020. The van der Waals surface area contributed by atoms with Crippen molar-refractivity contribution in [1.82, 2.24) is 4.31 Å². The minimum atomic E-state index is -3.86. The molecule has 1 aliphatic heterocycles. The number of ether oxygens (including phenoxy) is 2. The van der Waals surface area contributed by atoms with E-state index in [-0.39, 0.29) is 36.8 Å². The summed E-state index contributed by atoms with van der Waals surface area (Å²) in [5.41, 5.74) is 0.291. The van der Waals surface area contributed by atoms with Crippen molar-refractivity contribution in [1.29, 1.82) is 0 Å². The molecule has 2 aromatic rings. The third-order valence-electron chi connectivity index (χ3n) is 4.64. The normalized spacial score (nSPS) is 14.8. The molecule has 0 radical (unpaired) electrons. The number of sulfonamides is 1. The van der Waals surface area contributed by atoms with Crippen molar-refractivity contribution in [2.75, 3.05) is 44.9 Å². The Morgan fingerprint density at radius 3 is 2.47 bits per heavy atom. The number of carbonyl (C=O) groups excluding carboxylic acids is 2. The third-order valence-corrected chi connectivity index (χ3v) is 6.53. The highest BCUT2D eigenvalue weighted by atomic mass is 32.2. The molecule has 9 nitrogen and oxygen atoms in total. The molecule has 0 unspecified atom stereocenters. The summed E-state index contributed by atoms with van der Waals surface area (Å²) >= 11 is 0. The third kappa shape index (κ3) is 4.78. The van der Waals surface area contributed by atoms with Crippen LogP contribution in [0.1, 0.15) is 10.4 Å². The number of anilines is 1. The summed E-state index contributed by atoms with van der Waals surface area (Å²) in [6, 6.07) is 12.2. The average molecular weight is 434 g/mol. The van der Waals surface area contributed by atoms with Crippen molar-refractivity contribution in [2.24, 2.45) is 0 Å². The van der Waals surface area contributed by atoms with Crippen LogP contribution in [0, 0.1) is 0 Å². The summed E-state index contributed by atoms with van der Waals surface area (Å²) in [6.07, 6.45) is 0. The Kier molecular flexibility index (Phi) is 6.70. The highest BCUT2D eigenvalue weighted by Crippen LogP contribution is 2.25. The van der Waals surface area contributed by atoms with Gasteiger partial charge < -0.3 is 19.5 Å². The number of esters is 1. The molecule has 1 aliphatic rings. The van der Waals surface area contributed by atoms with Gasteiger partial charge in [0.15, 0.2) is 6.61 Å². The Morgan fingerprint density at radius 2 is 1.80 bits per heavy atom. The van der Waals surface area contributed by atoms with Crippen LogP contribution in [0.3, 0.4) is 0 Å². The van der Waals surface area contributed by atoms with E-state index in [9.17, 15) is 23.1 Å². The summed E-state index contributed by atoms with van der Waals surface area (Å²) < 4.78 is 36.9. The van der Waals surface area contributed by atoms with Gasteiger partial charge >= 0.3 is 5.97 Å². The molecule has 0 spiro atoms. The number of likely N-dealkylation sites (N-methyl/N-ethyl adjacent to an activating group) is 1. The maximum Gasteiger partial charge on any atom is 0.342 e. The number of aromatic hydroxyl groups is 1. The van der Waals surface area contributed by atoms with Gasteiger partial charge in [-0.15, -0.1) is 0 Å². The van der Waals surface area contributed by atoms with Gasteiger partial charge in [0, 0.05) is 25.8 Å². The van der Waals surface area contributed by atoms with E-state index in [1.54, 1.807) is 31.3 Å². The predicted molar refractivity (Wildman–Crippen MR) is 108 cm³/mol. The average Bonchev–Trinajstić information content (AvgIpc) is 2.78. The van der Waals surface area contributed by atoms with Crippen LogP contribution in [0.15, 0.2) is 53.4 Å². The van der Waals surface area contributed by atoms with Gasteiger partial charge in [-0.3, -0.25) is 4.79 Å². The molecule has 0 aromatic heterocycles. The number of phenols is 1. The molecular formula is C20H22N2O7S. The fraction of sp³-hybridized carbons (Fsp3) is 0.300. The van der Waals surface area contributed by atoms with E-state index >= 15 is 0 Å². The minimum Gasteiger partial charge on any atom is -0.507 e. The zero-order valence-electron chi connectivity index (χ0n) is 16.4. The Morgan fingerprint density at radius 1 is 1.13 bits per heavy atom. The smallest absolute Gasteiger partial charge is 0.342 e. The number of hydrogen-bond acceptors (Lipinski definition) is 7. The molecule has 30 heavy (non-hydrogen) atoms. The molecule has 0 atom stereocenters. The van der Waals surface area contributed by atoms with Crippen molar-refractivity contribution >= 4 is 27.6 Å². The maximum absolute atomic E-state index is 12.8. The molecule has 10 heteroatoms. The summed E-state index contributed by atoms with van der Waals surface area (Å²) in [6.45, 7) is 0.392. The minimum absolute atomic E-state index is 0.151. The number of nitrogens with zero attached hydrogens (tertiary/aromatic N) is 2. The molecule has 1 saturated heterocycles. The zero-order valence-corrected chi connectivity index (χ0v) is 17.2. The number of phenolic OH excluding ortho intramolecular Hbond substituents is 1. The van der Waals surface area contributed by atoms with Gasteiger partial charge in [-0.2, -0.15) is 4.31 Å². The second kappa shape index (κ2) is 9.24. The molecule has 1 fully saturated rings. The lowest BCUT2D eigenvalue weighted by Crippen LogP contribution is -2.40. The van der Waals surface area contributed by atoms with Crippen molar-refractivity contribution in [2.45, 2.75) is 4.90 Å². The number of hydrogen-bond donors (Lipinski definition) is 1. The van der Waals surface area contributed by atoms with Crippen LogP contribution >= 0.6 is 0 Å². The van der Waals surface area contributed by atoms with Crippen LogP contribution < -0.4 is 4.90 Å². The Balaban J connectivity index is 1.71. The van der Waals surface area contributed by atoms with Gasteiger partial charge in [-0.1, -0.05) is 18.2 Å². The SMILES string of the molecule is CN(C(=O)COC(=O)c1cc(S(=O)(=O)N2CCOCC2)ccc1O)c1ccccc1. The molecule has 1 amide bonds. The van der Waals surface area contributed by atoms with Crippen LogP contribution in [0.2, 0.25) is 0 Å². The summed E-state index contributed by atoms with van der Waals surface area (Å²) in [7, 11) is -2.32. The first-order valence-corrected chi connectivity index (χ1v) is 10.6. The van der Waals surface area contributed by atoms with E-state index in [0.29, 0.717) is 5.69 Å². The van der Waals surface area contributed by atoms with Gasteiger partial charge in [-0.25, -0.2) is 13.2 Å². The van der Waals surface area contributed by atoms with Crippen LogP contribution in [0.5, 0.6) is 5.75 Å². The van der Waals surface area contributed by atoms with E-state index in [4.69, 9.17) is 9.47 Å². The molecular weight excluding hydrogens is 412 g/mol. The standard InChI is InChI=1S/C20H22N2O7S/c1-21(15-5-3-2-4-6-15)19(24)14-29-20(25)17-13-16(7-8-18(17)23)30(26,27)22-9-11-28-12-10-22/h2-8,13,23H,9-12,14H2,1H3. The van der Waals surface area contributed by atoms with Gasteiger partial charge in [0.2, 0.25) is 10.0 Å². The largest absolute Gasteiger partial charge is 0.507 e. The van der Waals surface area contributed by atoms with Gasteiger partial charge in [0.25, 0.3) is 5.91 Å². The molecule has 1 heterocycles. The number of para-hydroxylation sites is 1. The van der Waals surface area contributed by atoms with Crippen molar-refractivity contribution in [3.05, 3.63) is 54.1 Å². The topological polar surface area (TPSA) is 113 Å². The highest BCUT2D eigenvalue weighted by Gasteiger charge is 2.28. The lowest BCUT2D eigenvalue weighted by Gasteiger charge is -2.26. The highest BCUT2D eigenvalue weighted by molar-refractivity contribution is 7.89. The number of benzene rings is 2. The maximum atomic E-state index is 12.8. The van der Waals surface area contributed by atoms with Crippen LogP contribution in [-0.4, -0.2) is 69.7 Å². The van der Waals surface area contributed by atoms with Gasteiger partial charge in [0.1, 0.15) is 11.3 Å². The van der Waals surface area contributed by atoms with Crippen LogP contribution in [0.25, 0.3) is 0 Å². The fourth-order valence-electron chi connectivity index (χ4n) is 2.87. The first-order chi connectivity index (χ1) is 14.3. The Labute approximate surface area is 174 Å². The number of rotatable bonds is 6. The molecule has 160 valence electrons. The fourth-order valence-corrected chi connectivity index (χ4v) is 4.31. The second-order valence-electron chi connectivity index (χ2n) is 6.56. The van der Waals surface area contributed by atoms with Crippen molar-refractivity contribution in [3.8, 4) is 5.75 Å². The number of morpholine rings is 1. The van der Waals surface area contributed by atoms with Crippen molar-refractivity contribution in [3.63, 3.8) is 0 Å². The second-order valence-corrected chi connectivity index (χ2v) is 8.50. The van der Waals surface area contributed by atoms with Gasteiger partial charge in [0.05, 0.1) is 18.1 Å². The summed E-state index contributed by atoms with van der Waals surface area (Å²) in [4.78, 5) is 25.8. The first-order valence-electron chi connectivity index (χ1n) is 9.20. The molecule has 3 rings (SSSR count). The van der Waals surface area contributed by atoms with E-state index in [1.807, 2.05) is 6.07 Å². The molecule has 0 aliphatic carbocycles. The zero-order chi connectivity index (χ0) is 21.7. The summed E-state index contributed by atoms with van der Waals surface area (Å²) in [5.74, 6) is -1.92. The molecule has 0 bridgehead atoms. The van der Waals surface area contributed by atoms with Crippen LogP contribution in [0.4, 0.5) is 5.69 Å². The van der Waals surface area contributed by atoms with Crippen LogP contribution in [-0.2, 0) is 24.3 Å². The quantitative estimate of drug-likeness (QED) is 0.681. The van der Waals surface area contributed by atoms with E-state index in [0.717, 1.165) is 12.1 Å². The Hall–Kier alpha value is -2.95. The number of carbonyl (C=O) groups is 2. The van der Waals surface area contributed by atoms with E-state index in [2.05, 4.69) is 0 Å². The van der Waals surface area contributed by atoms with E-state index in [1.165, 1.54) is 15.3 Å². The monoisotopic (exact) mass is 434 g/mol. The lowest BCUT2D eigenvalue weighted by atomic mass is 10.2. The van der Waals surface area contributed by atoms with E-state index < -0.39 is 34.3 Å². The molecule has 1 N–H and O–H groups in total. The lowest BCUT2D eigenvalue weighted by molar-refractivity contribution is -0.121. The molecule has 2 aromatic carbocycles. The van der Waals surface area contributed by atoms with Gasteiger partial charge in [-0.05, 0) is 30.3 Å². The predicted octanol–water partition coefficient (Wildman–Crippen LogP) is 1.23. The number of amides is 1. The van der Waals surface area contributed by atoms with Crippen molar-refractivity contribution < 1.29 is 32.6 Å². The first kappa shape index (κ1) is 21.8.